The second-order valence-electron chi connectivity index (χ2n) is 4.78. The van der Waals surface area contributed by atoms with Crippen LogP contribution in [0.25, 0.3) is 0 Å². The first kappa shape index (κ1) is 13.1. The maximum absolute atomic E-state index is 4.59. The first-order valence-corrected chi connectivity index (χ1v) is 8.21. The van der Waals surface area contributed by atoms with Gasteiger partial charge in [0.05, 0.1) is 6.54 Å². The number of aryl methyl sites for hydroxylation is 1. The zero-order valence-corrected chi connectivity index (χ0v) is 13.2. The summed E-state index contributed by atoms with van der Waals surface area (Å²) in [5.41, 5.74) is 0. The Labute approximate surface area is 125 Å². The normalized spacial score (nSPS) is 14.6. The SMILES string of the molecule is CCc1ccc(CNc2cc(Br)nc(C3CC3)n2)s1. The number of nitrogens with zero attached hydrogens (tertiary/aromatic N) is 2. The smallest absolute Gasteiger partial charge is 0.135 e. The molecular formula is C14H16BrN3S. The standard InChI is InChI=1S/C14H16BrN3S/c1-2-10-5-6-11(19-10)8-16-13-7-12(15)17-14(18-13)9-3-4-9/h5-7,9H,2-4,8H2,1H3,(H,16,17,18). The lowest BCUT2D eigenvalue weighted by atomic mass is 10.3. The van der Waals surface area contributed by atoms with Crippen LogP contribution in [0.2, 0.25) is 0 Å². The van der Waals surface area contributed by atoms with Crippen molar-refractivity contribution in [2.45, 2.75) is 38.6 Å². The Kier molecular flexibility index (Phi) is 3.84. The van der Waals surface area contributed by atoms with E-state index in [1.807, 2.05) is 17.4 Å². The molecule has 19 heavy (non-hydrogen) atoms. The summed E-state index contributed by atoms with van der Waals surface area (Å²) in [6.45, 7) is 3.02. The Morgan fingerprint density at radius 3 is 2.79 bits per heavy atom. The molecule has 2 heterocycles. The third-order valence-corrected chi connectivity index (χ3v) is 4.80. The fourth-order valence-electron chi connectivity index (χ4n) is 1.93. The molecule has 0 atom stereocenters. The molecule has 1 saturated carbocycles. The molecule has 1 N–H and O–H groups in total. The molecule has 0 radical (unpaired) electrons. The van der Waals surface area contributed by atoms with Gasteiger partial charge >= 0.3 is 0 Å². The lowest BCUT2D eigenvalue weighted by molar-refractivity contribution is 0.911. The minimum absolute atomic E-state index is 0.575. The Balaban J connectivity index is 1.68. The van der Waals surface area contributed by atoms with Crippen molar-refractivity contribution in [3.05, 3.63) is 38.4 Å². The van der Waals surface area contributed by atoms with Gasteiger partial charge in [0.15, 0.2) is 0 Å². The molecule has 2 aromatic heterocycles. The second-order valence-corrected chi connectivity index (χ2v) is 6.85. The highest BCUT2D eigenvalue weighted by molar-refractivity contribution is 9.10. The van der Waals surface area contributed by atoms with E-state index in [0.29, 0.717) is 5.92 Å². The van der Waals surface area contributed by atoms with Crippen molar-refractivity contribution in [3.63, 3.8) is 0 Å². The van der Waals surface area contributed by atoms with Gasteiger partial charge in [0.2, 0.25) is 0 Å². The quantitative estimate of drug-likeness (QED) is 0.824. The molecule has 1 aliphatic carbocycles. The number of hydrogen-bond acceptors (Lipinski definition) is 4. The molecule has 1 aliphatic rings. The molecule has 3 nitrogen and oxygen atoms in total. The van der Waals surface area contributed by atoms with Gasteiger partial charge in [-0.1, -0.05) is 6.92 Å². The summed E-state index contributed by atoms with van der Waals surface area (Å²) in [5.74, 6) is 2.46. The van der Waals surface area contributed by atoms with Crippen LogP contribution < -0.4 is 5.32 Å². The summed E-state index contributed by atoms with van der Waals surface area (Å²) in [6, 6.07) is 6.34. The van der Waals surface area contributed by atoms with Crippen molar-refractivity contribution < 1.29 is 0 Å². The average molecular weight is 338 g/mol. The van der Waals surface area contributed by atoms with Crippen LogP contribution >= 0.6 is 27.3 Å². The van der Waals surface area contributed by atoms with E-state index in [9.17, 15) is 0 Å². The maximum atomic E-state index is 4.59. The predicted molar refractivity (Wildman–Crippen MR) is 82.7 cm³/mol. The van der Waals surface area contributed by atoms with Gasteiger partial charge in [-0.3, -0.25) is 0 Å². The molecule has 0 saturated heterocycles. The molecule has 1 fully saturated rings. The number of aromatic nitrogens is 2. The van der Waals surface area contributed by atoms with Gasteiger partial charge in [-0.2, -0.15) is 0 Å². The van der Waals surface area contributed by atoms with E-state index >= 15 is 0 Å². The average Bonchev–Trinajstić information content (AvgIpc) is 3.15. The molecule has 5 heteroatoms. The van der Waals surface area contributed by atoms with Gasteiger partial charge in [0.25, 0.3) is 0 Å². The highest BCUT2D eigenvalue weighted by Gasteiger charge is 2.27. The molecule has 3 rings (SSSR count). The fourth-order valence-corrected chi connectivity index (χ4v) is 3.23. The van der Waals surface area contributed by atoms with Crippen LogP contribution in [-0.4, -0.2) is 9.97 Å². The van der Waals surface area contributed by atoms with Crippen LogP contribution in [0.15, 0.2) is 22.8 Å². The van der Waals surface area contributed by atoms with Crippen molar-refractivity contribution in [2.24, 2.45) is 0 Å². The third kappa shape index (κ3) is 3.34. The second kappa shape index (κ2) is 5.59. The number of halogens is 1. The topological polar surface area (TPSA) is 37.8 Å². The third-order valence-electron chi connectivity index (χ3n) is 3.16. The Hall–Kier alpha value is -0.940. The van der Waals surface area contributed by atoms with Gasteiger partial charge in [0.1, 0.15) is 16.2 Å². The molecule has 0 unspecified atom stereocenters. The minimum Gasteiger partial charge on any atom is -0.365 e. The number of anilines is 1. The number of hydrogen-bond donors (Lipinski definition) is 1. The number of rotatable bonds is 5. The molecular weight excluding hydrogens is 322 g/mol. The number of thiophene rings is 1. The van der Waals surface area contributed by atoms with Crippen LogP contribution in [0.4, 0.5) is 5.82 Å². The van der Waals surface area contributed by atoms with E-state index in [0.717, 1.165) is 29.2 Å². The van der Waals surface area contributed by atoms with E-state index < -0.39 is 0 Å². The van der Waals surface area contributed by atoms with E-state index in [2.05, 4.69) is 50.3 Å². The lowest BCUT2D eigenvalue weighted by Crippen LogP contribution is -2.03. The lowest BCUT2D eigenvalue weighted by Gasteiger charge is -2.06. The van der Waals surface area contributed by atoms with Crippen LogP contribution in [0.1, 0.15) is 41.3 Å². The molecule has 0 aliphatic heterocycles. The van der Waals surface area contributed by atoms with E-state index in [1.54, 1.807) is 0 Å². The van der Waals surface area contributed by atoms with Crippen molar-refractivity contribution in [1.82, 2.24) is 9.97 Å². The molecule has 0 spiro atoms. The van der Waals surface area contributed by atoms with Crippen molar-refractivity contribution in [3.8, 4) is 0 Å². The van der Waals surface area contributed by atoms with E-state index in [4.69, 9.17) is 0 Å². The van der Waals surface area contributed by atoms with Gasteiger partial charge in [-0.15, -0.1) is 11.3 Å². The van der Waals surface area contributed by atoms with Crippen LogP contribution in [0.5, 0.6) is 0 Å². The monoisotopic (exact) mass is 337 g/mol. The number of nitrogens with one attached hydrogen (secondary N) is 1. The first-order valence-electron chi connectivity index (χ1n) is 6.60. The largest absolute Gasteiger partial charge is 0.365 e. The minimum atomic E-state index is 0.575. The zero-order valence-electron chi connectivity index (χ0n) is 10.8. The highest BCUT2D eigenvalue weighted by atomic mass is 79.9. The van der Waals surface area contributed by atoms with Crippen molar-refractivity contribution in [2.75, 3.05) is 5.32 Å². The first-order chi connectivity index (χ1) is 9.24. The molecule has 2 aromatic rings. The van der Waals surface area contributed by atoms with Gasteiger partial charge in [-0.05, 0) is 47.3 Å². The van der Waals surface area contributed by atoms with Gasteiger partial charge in [0, 0.05) is 21.7 Å². The van der Waals surface area contributed by atoms with Gasteiger partial charge < -0.3 is 5.32 Å². The van der Waals surface area contributed by atoms with Crippen LogP contribution in [0.3, 0.4) is 0 Å². The summed E-state index contributed by atoms with van der Waals surface area (Å²) in [7, 11) is 0. The highest BCUT2D eigenvalue weighted by Crippen LogP contribution is 2.38. The Morgan fingerprint density at radius 2 is 2.11 bits per heavy atom. The summed E-state index contributed by atoms with van der Waals surface area (Å²) >= 11 is 5.32. The fraction of sp³-hybridized carbons (Fsp3) is 0.429. The van der Waals surface area contributed by atoms with Gasteiger partial charge in [-0.25, -0.2) is 9.97 Å². The molecule has 0 amide bonds. The zero-order chi connectivity index (χ0) is 13.2. The Bertz CT molecular complexity index is 578. The van der Waals surface area contributed by atoms with E-state index in [-0.39, 0.29) is 0 Å². The molecule has 100 valence electrons. The summed E-state index contributed by atoms with van der Waals surface area (Å²) in [4.78, 5) is 11.8. The van der Waals surface area contributed by atoms with Crippen molar-refractivity contribution >= 4 is 33.1 Å². The van der Waals surface area contributed by atoms with Crippen molar-refractivity contribution in [1.29, 1.82) is 0 Å². The maximum Gasteiger partial charge on any atom is 0.135 e. The van der Waals surface area contributed by atoms with E-state index in [1.165, 1.54) is 22.6 Å². The van der Waals surface area contributed by atoms with Crippen LogP contribution in [0, 0.1) is 0 Å². The molecule has 0 aromatic carbocycles. The molecule has 0 bridgehead atoms. The van der Waals surface area contributed by atoms with Crippen LogP contribution in [-0.2, 0) is 13.0 Å². The Morgan fingerprint density at radius 1 is 1.32 bits per heavy atom. The summed E-state index contributed by atoms with van der Waals surface area (Å²) in [5, 5.41) is 3.39. The predicted octanol–water partition coefficient (Wildman–Crippen LogP) is 4.35. The summed E-state index contributed by atoms with van der Waals surface area (Å²) in [6.07, 6.45) is 3.55. The summed E-state index contributed by atoms with van der Waals surface area (Å²) < 4.78 is 0.868.